The summed E-state index contributed by atoms with van der Waals surface area (Å²) in [6.45, 7) is 1.06. The number of hydrogen-bond donors (Lipinski definition) is 3. The third-order valence-corrected chi connectivity index (χ3v) is 3.40. The highest BCUT2D eigenvalue weighted by Crippen LogP contribution is 2.15. The second-order valence-corrected chi connectivity index (χ2v) is 5.41. The first-order chi connectivity index (χ1) is 11.5. The standard InChI is InChI=1S/C17H18ClN3O3/c18-14-5-7-15(8-6-14)24-10-9-20-16(22)13-3-1-12(2-4-13)11-21-17(19)23/h1-8H,9-11H2,(H,20,22)(H3,19,21,23). The lowest BCUT2D eigenvalue weighted by Crippen LogP contribution is -2.29. The average Bonchev–Trinajstić information content (AvgIpc) is 2.58. The summed E-state index contributed by atoms with van der Waals surface area (Å²) < 4.78 is 5.50. The minimum absolute atomic E-state index is 0.191. The van der Waals surface area contributed by atoms with Crippen molar-refractivity contribution in [3.63, 3.8) is 0 Å². The van der Waals surface area contributed by atoms with Crippen LogP contribution in [0.25, 0.3) is 0 Å². The molecule has 0 unspecified atom stereocenters. The van der Waals surface area contributed by atoms with Gasteiger partial charge in [0, 0.05) is 17.1 Å². The zero-order valence-corrected chi connectivity index (χ0v) is 13.7. The average molecular weight is 348 g/mol. The van der Waals surface area contributed by atoms with E-state index in [1.807, 2.05) is 0 Å². The molecule has 24 heavy (non-hydrogen) atoms. The van der Waals surface area contributed by atoms with Crippen LogP contribution in [0.15, 0.2) is 48.5 Å². The van der Waals surface area contributed by atoms with Gasteiger partial charge in [-0.15, -0.1) is 0 Å². The molecule has 2 rings (SSSR count). The van der Waals surface area contributed by atoms with Gasteiger partial charge in [0.2, 0.25) is 0 Å². The van der Waals surface area contributed by atoms with E-state index < -0.39 is 6.03 Å². The van der Waals surface area contributed by atoms with Crippen LogP contribution in [-0.2, 0) is 6.54 Å². The molecule has 0 heterocycles. The number of hydrogen-bond acceptors (Lipinski definition) is 3. The van der Waals surface area contributed by atoms with Crippen LogP contribution in [0.5, 0.6) is 5.75 Å². The summed E-state index contributed by atoms with van der Waals surface area (Å²) in [6, 6.07) is 13.3. The van der Waals surface area contributed by atoms with Crippen LogP contribution in [0.4, 0.5) is 4.79 Å². The topological polar surface area (TPSA) is 93.5 Å². The Morgan fingerprint density at radius 3 is 2.29 bits per heavy atom. The number of urea groups is 1. The van der Waals surface area contributed by atoms with Gasteiger partial charge in [-0.3, -0.25) is 4.79 Å². The Hall–Kier alpha value is -2.73. The Balaban J connectivity index is 1.73. The lowest BCUT2D eigenvalue weighted by atomic mass is 10.1. The molecular weight excluding hydrogens is 330 g/mol. The number of carbonyl (C=O) groups is 2. The number of ether oxygens (including phenoxy) is 1. The SMILES string of the molecule is NC(=O)NCc1ccc(C(=O)NCCOc2ccc(Cl)cc2)cc1. The van der Waals surface area contributed by atoms with Crippen molar-refractivity contribution in [3.05, 3.63) is 64.7 Å². The zero-order chi connectivity index (χ0) is 17.4. The zero-order valence-electron chi connectivity index (χ0n) is 12.9. The number of primary amides is 1. The van der Waals surface area contributed by atoms with Crippen molar-refractivity contribution in [2.75, 3.05) is 13.2 Å². The molecule has 0 radical (unpaired) electrons. The second kappa shape index (κ2) is 8.79. The Morgan fingerprint density at radius 2 is 1.67 bits per heavy atom. The molecule has 126 valence electrons. The molecule has 0 bridgehead atoms. The molecule has 3 amide bonds. The largest absolute Gasteiger partial charge is 0.492 e. The van der Waals surface area contributed by atoms with E-state index in [0.717, 1.165) is 5.56 Å². The fourth-order valence-corrected chi connectivity index (χ4v) is 2.06. The van der Waals surface area contributed by atoms with E-state index in [4.69, 9.17) is 22.1 Å². The van der Waals surface area contributed by atoms with Crippen LogP contribution in [0, 0.1) is 0 Å². The molecule has 0 aliphatic carbocycles. The predicted molar refractivity (Wildman–Crippen MR) is 92.1 cm³/mol. The van der Waals surface area contributed by atoms with Gasteiger partial charge in [0.25, 0.3) is 5.91 Å². The fraction of sp³-hybridized carbons (Fsp3) is 0.176. The van der Waals surface area contributed by atoms with Crippen molar-refractivity contribution < 1.29 is 14.3 Å². The van der Waals surface area contributed by atoms with Crippen molar-refractivity contribution in [1.29, 1.82) is 0 Å². The molecule has 0 saturated carbocycles. The van der Waals surface area contributed by atoms with E-state index in [0.29, 0.717) is 36.0 Å². The summed E-state index contributed by atoms with van der Waals surface area (Å²) in [6.07, 6.45) is 0. The molecule has 0 fully saturated rings. The second-order valence-electron chi connectivity index (χ2n) is 4.97. The molecule has 0 aromatic heterocycles. The maximum atomic E-state index is 12.0. The lowest BCUT2D eigenvalue weighted by Gasteiger charge is -2.08. The Kier molecular flexibility index (Phi) is 6.45. The first-order valence-corrected chi connectivity index (χ1v) is 7.71. The van der Waals surface area contributed by atoms with E-state index >= 15 is 0 Å². The lowest BCUT2D eigenvalue weighted by molar-refractivity contribution is 0.0947. The van der Waals surface area contributed by atoms with Crippen LogP contribution in [0.3, 0.4) is 0 Å². The quantitative estimate of drug-likeness (QED) is 0.671. The number of nitrogens with one attached hydrogen (secondary N) is 2. The van der Waals surface area contributed by atoms with Crippen molar-refractivity contribution in [1.82, 2.24) is 10.6 Å². The number of rotatable bonds is 7. The van der Waals surface area contributed by atoms with Crippen LogP contribution in [0.1, 0.15) is 15.9 Å². The van der Waals surface area contributed by atoms with Crippen LogP contribution in [0.2, 0.25) is 5.02 Å². The molecule has 0 aliphatic rings. The third kappa shape index (κ3) is 5.81. The molecule has 2 aromatic carbocycles. The minimum atomic E-state index is -0.586. The maximum absolute atomic E-state index is 12.0. The molecular formula is C17H18ClN3O3. The Morgan fingerprint density at radius 1 is 1.00 bits per heavy atom. The Labute approximate surface area is 144 Å². The summed E-state index contributed by atoms with van der Waals surface area (Å²) in [5, 5.41) is 5.90. The number of carbonyl (C=O) groups excluding carboxylic acids is 2. The molecule has 0 spiro atoms. The highest BCUT2D eigenvalue weighted by atomic mass is 35.5. The van der Waals surface area contributed by atoms with Gasteiger partial charge < -0.3 is 21.1 Å². The predicted octanol–water partition coefficient (Wildman–Crippen LogP) is 2.32. The summed E-state index contributed by atoms with van der Waals surface area (Å²) in [5.74, 6) is 0.504. The van der Waals surface area contributed by atoms with E-state index in [-0.39, 0.29) is 5.91 Å². The number of benzene rings is 2. The van der Waals surface area contributed by atoms with Gasteiger partial charge in [0.1, 0.15) is 12.4 Å². The molecule has 0 saturated heterocycles. The van der Waals surface area contributed by atoms with Gasteiger partial charge in [0.15, 0.2) is 0 Å². The Bertz CT molecular complexity index is 687. The summed E-state index contributed by atoms with van der Waals surface area (Å²) in [4.78, 5) is 22.6. The number of nitrogens with two attached hydrogens (primary N) is 1. The van der Waals surface area contributed by atoms with E-state index in [1.54, 1.807) is 48.5 Å². The highest BCUT2D eigenvalue weighted by Gasteiger charge is 2.05. The van der Waals surface area contributed by atoms with Crippen LogP contribution >= 0.6 is 11.6 Å². The normalized spacial score (nSPS) is 10.0. The van der Waals surface area contributed by atoms with E-state index in [1.165, 1.54) is 0 Å². The number of halogens is 1. The van der Waals surface area contributed by atoms with Crippen molar-refractivity contribution in [3.8, 4) is 5.75 Å². The monoisotopic (exact) mass is 347 g/mol. The van der Waals surface area contributed by atoms with Gasteiger partial charge in [-0.2, -0.15) is 0 Å². The van der Waals surface area contributed by atoms with Crippen molar-refractivity contribution in [2.24, 2.45) is 5.73 Å². The smallest absolute Gasteiger partial charge is 0.312 e. The highest BCUT2D eigenvalue weighted by molar-refractivity contribution is 6.30. The molecule has 0 atom stereocenters. The molecule has 4 N–H and O–H groups in total. The van der Waals surface area contributed by atoms with Crippen LogP contribution < -0.4 is 21.1 Å². The van der Waals surface area contributed by atoms with Gasteiger partial charge in [-0.25, -0.2) is 4.79 Å². The van der Waals surface area contributed by atoms with Crippen LogP contribution in [-0.4, -0.2) is 25.1 Å². The maximum Gasteiger partial charge on any atom is 0.312 e. The van der Waals surface area contributed by atoms with Crippen molar-refractivity contribution >= 4 is 23.5 Å². The molecule has 2 aromatic rings. The first-order valence-electron chi connectivity index (χ1n) is 7.33. The fourth-order valence-electron chi connectivity index (χ4n) is 1.93. The van der Waals surface area contributed by atoms with E-state index in [2.05, 4.69) is 10.6 Å². The van der Waals surface area contributed by atoms with Crippen molar-refractivity contribution in [2.45, 2.75) is 6.54 Å². The summed E-state index contributed by atoms with van der Waals surface area (Å²) in [5.41, 5.74) is 6.39. The van der Waals surface area contributed by atoms with Gasteiger partial charge >= 0.3 is 6.03 Å². The summed E-state index contributed by atoms with van der Waals surface area (Å²) >= 11 is 5.79. The first kappa shape index (κ1) is 17.6. The molecule has 6 nitrogen and oxygen atoms in total. The third-order valence-electron chi connectivity index (χ3n) is 3.15. The van der Waals surface area contributed by atoms with Gasteiger partial charge in [-0.05, 0) is 42.0 Å². The summed E-state index contributed by atoms with van der Waals surface area (Å²) in [7, 11) is 0. The molecule has 7 heteroatoms. The van der Waals surface area contributed by atoms with Gasteiger partial charge in [0.05, 0.1) is 6.54 Å². The number of amides is 3. The molecule has 0 aliphatic heterocycles. The van der Waals surface area contributed by atoms with Gasteiger partial charge in [-0.1, -0.05) is 23.7 Å². The van der Waals surface area contributed by atoms with E-state index in [9.17, 15) is 9.59 Å². The minimum Gasteiger partial charge on any atom is -0.492 e.